The van der Waals surface area contributed by atoms with Gasteiger partial charge in [0.1, 0.15) is 12.4 Å². The minimum absolute atomic E-state index is 0.116. The van der Waals surface area contributed by atoms with E-state index < -0.39 is 0 Å². The molecule has 2 heterocycles. The third kappa shape index (κ3) is 3.99. The quantitative estimate of drug-likeness (QED) is 0.771. The number of nitrogens with one attached hydrogen (secondary N) is 1. The van der Waals surface area contributed by atoms with E-state index in [1.54, 1.807) is 40.1 Å². The summed E-state index contributed by atoms with van der Waals surface area (Å²) in [6.07, 6.45) is 5.19. The van der Waals surface area contributed by atoms with E-state index in [-0.39, 0.29) is 18.3 Å². The summed E-state index contributed by atoms with van der Waals surface area (Å²) in [6, 6.07) is 5.90. The number of benzene rings is 1. The predicted octanol–water partition coefficient (Wildman–Crippen LogP) is 2.87. The van der Waals surface area contributed by atoms with Crippen molar-refractivity contribution in [2.75, 3.05) is 5.32 Å². The fraction of sp³-hybridized carbons (Fsp3) is 0.188. The number of carbonyl (C=O) groups excluding carboxylic acids is 1. The second-order valence-electron chi connectivity index (χ2n) is 5.40. The predicted molar refractivity (Wildman–Crippen MR) is 88.3 cm³/mol. The Kier molecular flexibility index (Phi) is 4.61. The van der Waals surface area contributed by atoms with Gasteiger partial charge >= 0.3 is 0 Å². The number of aromatic nitrogens is 4. The number of anilines is 1. The van der Waals surface area contributed by atoms with Crippen LogP contribution in [0.25, 0.3) is 0 Å². The monoisotopic (exact) mass is 347 g/mol. The van der Waals surface area contributed by atoms with E-state index in [2.05, 4.69) is 15.5 Å². The summed E-state index contributed by atoms with van der Waals surface area (Å²) in [5, 5.41) is 11.4. The molecule has 1 aromatic carbocycles. The second-order valence-corrected chi connectivity index (χ2v) is 5.80. The van der Waals surface area contributed by atoms with Crippen LogP contribution in [-0.4, -0.2) is 25.5 Å². The molecule has 1 amide bonds. The smallest absolute Gasteiger partial charge is 0.247 e. The molecule has 0 bridgehead atoms. The number of hydrogen-bond donors (Lipinski definition) is 1. The van der Waals surface area contributed by atoms with Gasteiger partial charge in [-0.25, -0.2) is 4.39 Å². The van der Waals surface area contributed by atoms with Crippen LogP contribution in [-0.2, 0) is 17.9 Å². The highest BCUT2D eigenvalue weighted by molar-refractivity contribution is 6.31. The van der Waals surface area contributed by atoms with Gasteiger partial charge in [-0.2, -0.15) is 10.2 Å². The summed E-state index contributed by atoms with van der Waals surface area (Å²) in [5.41, 5.74) is 1.73. The molecule has 0 aliphatic rings. The van der Waals surface area contributed by atoms with Crippen LogP contribution in [0.5, 0.6) is 0 Å². The highest BCUT2D eigenvalue weighted by Gasteiger charge is 2.08. The number of rotatable bonds is 5. The lowest BCUT2D eigenvalue weighted by molar-refractivity contribution is -0.116. The van der Waals surface area contributed by atoms with Gasteiger partial charge in [0.15, 0.2) is 5.82 Å². The second kappa shape index (κ2) is 6.84. The fourth-order valence-electron chi connectivity index (χ4n) is 2.22. The van der Waals surface area contributed by atoms with Crippen LogP contribution >= 0.6 is 11.6 Å². The van der Waals surface area contributed by atoms with Crippen molar-refractivity contribution in [3.05, 3.63) is 64.8 Å². The van der Waals surface area contributed by atoms with Crippen LogP contribution in [0.1, 0.15) is 11.1 Å². The van der Waals surface area contributed by atoms with E-state index in [4.69, 9.17) is 11.6 Å². The molecule has 0 saturated carbocycles. The molecule has 0 saturated heterocycles. The van der Waals surface area contributed by atoms with Crippen LogP contribution in [0.4, 0.5) is 10.2 Å². The Bertz CT molecular complexity index is 873. The first kappa shape index (κ1) is 16.2. The molecule has 24 heavy (non-hydrogen) atoms. The van der Waals surface area contributed by atoms with Crippen molar-refractivity contribution in [1.29, 1.82) is 0 Å². The van der Waals surface area contributed by atoms with Gasteiger partial charge < -0.3 is 5.32 Å². The normalized spacial score (nSPS) is 10.8. The summed E-state index contributed by atoms with van der Waals surface area (Å²) >= 11 is 6.00. The zero-order valence-corrected chi connectivity index (χ0v) is 13.7. The lowest BCUT2D eigenvalue weighted by atomic mass is 10.2. The molecule has 0 radical (unpaired) electrons. The van der Waals surface area contributed by atoms with Crippen molar-refractivity contribution in [2.24, 2.45) is 0 Å². The van der Waals surface area contributed by atoms with E-state index >= 15 is 0 Å². The van der Waals surface area contributed by atoms with Gasteiger partial charge in [0.2, 0.25) is 5.91 Å². The molecule has 0 spiro atoms. The Morgan fingerprint density at radius 1 is 1.33 bits per heavy atom. The first-order valence-corrected chi connectivity index (χ1v) is 7.64. The fourth-order valence-corrected chi connectivity index (χ4v) is 2.45. The molecule has 0 fully saturated rings. The summed E-state index contributed by atoms with van der Waals surface area (Å²) < 4.78 is 16.2. The van der Waals surface area contributed by atoms with Gasteiger partial charge in [-0.1, -0.05) is 17.7 Å². The zero-order valence-electron chi connectivity index (χ0n) is 12.9. The number of aryl methyl sites for hydroxylation is 1. The van der Waals surface area contributed by atoms with Gasteiger partial charge in [0.05, 0.1) is 12.7 Å². The summed E-state index contributed by atoms with van der Waals surface area (Å²) in [7, 11) is 0. The first-order valence-electron chi connectivity index (χ1n) is 7.26. The lowest BCUT2D eigenvalue weighted by Gasteiger charge is -2.05. The number of hydrogen-bond acceptors (Lipinski definition) is 3. The molecule has 1 N–H and O–H groups in total. The van der Waals surface area contributed by atoms with Crippen molar-refractivity contribution >= 4 is 23.3 Å². The van der Waals surface area contributed by atoms with Crippen LogP contribution in [0.3, 0.4) is 0 Å². The van der Waals surface area contributed by atoms with Crippen molar-refractivity contribution in [3.8, 4) is 0 Å². The molecule has 3 aromatic rings. The van der Waals surface area contributed by atoms with E-state index in [0.717, 1.165) is 11.1 Å². The van der Waals surface area contributed by atoms with Gasteiger partial charge in [0, 0.05) is 23.5 Å². The van der Waals surface area contributed by atoms with Gasteiger partial charge in [-0.15, -0.1) is 0 Å². The molecule has 0 aliphatic heterocycles. The standard InChI is InChI=1S/C16H15ClFN5O/c1-11-7-19-23(8-11)10-16(24)20-15-4-5-22(21-15)9-12-2-3-13(18)6-14(12)17/h2-8H,9-10H2,1H3,(H,20,21,24). The third-order valence-electron chi connectivity index (χ3n) is 3.32. The van der Waals surface area contributed by atoms with E-state index in [9.17, 15) is 9.18 Å². The summed E-state index contributed by atoms with van der Waals surface area (Å²) in [4.78, 5) is 12.0. The van der Waals surface area contributed by atoms with Crippen LogP contribution in [0, 0.1) is 12.7 Å². The molecule has 3 rings (SSSR count). The number of nitrogens with zero attached hydrogens (tertiary/aromatic N) is 4. The average molecular weight is 348 g/mol. The Balaban J connectivity index is 1.61. The maximum atomic E-state index is 13.1. The van der Waals surface area contributed by atoms with Gasteiger partial charge in [0.25, 0.3) is 0 Å². The van der Waals surface area contributed by atoms with E-state index in [0.29, 0.717) is 17.4 Å². The SMILES string of the molecule is Cc1cnn(CC(=O)Nc2ccn(Cc3ccc(F)cc3Cl)n2)c1. The van der Waals surface area contributed by atoms with Crippen LogP contribution < -0.4 is 5.32 Å². The molecule has 0 unspecified atom stereocenters. The Hall–Kier alpha value is -2.67. The molecule has 2 aromatic heterocycles. The minimum atomic E-state index is -0.383. The molecule has 0 atom stereocenters. The van der Waals surface area contributed by atoms with Crippen molar-refractivity contribution < 1.29 is 9.18 Å². The van der Waals surface area contributed by atoms with Crippen molar-refractivity contribution in [3.63, 3.8) is 0 Å². The highest BCUT2D eigenvalue weighted by atomic mass is 35.5. The summed E-state index contributed by atoms with van der Waals surface area (Å²) in [6.45, 7) is 2.40. The Labute approximate surface area is 142 Å². The lowest BCUT2D eigenvalue weighted by Crippen LogP contribution is -2.19. The van der Waals surface area contributed by atoms with Gasteiger partial charge in [-0.3, -0.25) is 14.2 Å². The summed E-state index contributed by atoms with van der Waals surface area (Å²) in [5.74, 6) is -0.170. The highest BCUT2D eigenvalue weighted by Crippen LogP contribution is 2.18. The largest absolute Gasteiger partial charge is 0.308 e. The van der Waals surface area contributed by atoms with Crippen molar-refractivity contribution in [1.82, 2.24) is 19.6 Å². The molecule has 124 valence electrons. The molecular formula is C16H15ClFN5O. The topological polar surface area (TPSA) is 64.7 Å². The first-order chi connectivity index (χ1) is 11.5. The molecule has 8 heteroatoms. The van der Waals surface area contributed by atoms with Gasteiger partial charge in [-0.05, 0) is 30.2 Å². The maximum absolute atomic E-state index is 13.1. The number of amides is 1. The van der Waals surface area contributed by atoms with Crippen LogP contribution in [0.2, 0.25) is 5.02 Å². The maximum Gasteiger partial charge on any atom is 0.247 e. The van der Waals surface area contributed by atoms with E-state index in [1.807, 2.05) is 6.92 Å². The average Bonchev–Trinajstić information content (AvgIpc) is 3.11. The number of halogens is 2. The Morgan fingerprint density at radius 3 is 2.88 bits per heavy atom. The Morgan fingerprint density at radius 2 is 2.17 bits per heavy atom. The minimum Gasteiger partial charge on any atom is -0.308 e. The van der Waals surface area contributed by atoms with Crippen molar-refractivity contribution in [2.45, 2.75) is 20.0 Å². The third-order valence-corrected chi connectivity index (χ3v) is 3.68. The number of carbonyl (C=O) groups is 1. The molecule has 0 aliphatic carbocycles. The molecular weight excluding hydrogens is 333 g/mol. The molecule has 6 nitrogen and oxygen atoms in total. The zero-order chi connectivity index (χ0) is 17.1. The van der Waals surface area contributed by atoms with E-state index in [1.165, 1.54) is 12.1 Å². The van der Waals surface area contributed by atoms with Crippen LogP contribution in [0.15, 0.2) is 42.9 Å².